The first-order valence-electron chi connectivity index (χ1n) is 12.7. The van der Waals surface area contributed by atoms with Gasteiger partial charge in [-0.3, -0.25) is 14.4 Å². The average molecular weight is 509 g/mol. The Balaban J connectivity index is 1.49. The Morgan fingerprint density at radius 2 is 1.97 bits per heavy atom. The van der Waals surface area contributed by atoms with Crippen LogP contribution in [0.25, 0.3) is 0 Å². The number of carboxylic acids is 1. The zero-order valence-electron chi connectivity index (χ0n) is 21.0. The Morgan fingerprint density at radius 1 is 1.19 bits per heavy atom. The number of benzene rings is 2. The van der Waals surface area contributed by atoms with Gasteiger partial charge in [0.05, 0.1) is 26.1 Å². The van der Waals surface area contributed by atoms with E-state index >= 15 is 0 Å². The zero-order valence-corrected chi connectivity index (χ0v) is 21.0. The number of ether oxygens (including phenoxy) is 2. The molecule has 2 aromatic rings. The van der Waals surface area contributed by atoms with E-state index in [1.54, 1.807) is 7.11 Å². The Hall–Kier alpha value is -3.72. The SMILES string of the molecule is COc1ccc(CC[C@H](CC(=O)O)C(=O)N[C@H]2CC3C=[N+](CCOCCNC2=O)c2ccccc23)cc1. The average Bonchev–Trinajstić information content (AvgIpc) is 3.24. The molecule has 4 rings (SSSR count). The van der Waals surface area contributed by atoms with Crippen molar-refractivity contribution in [2.45, 2.75) is 37.6 Å². The predicted molar refractivity (Wildman–Crippen MR) is 137 cm³/mol. The third-order valence-electron chi connectivity index (χ3n) is 6.88. The van der Waals surface area contributed by atoms with Gasteiger partial charge in [-0.25, -0.2) is 0 Å². The van der Waals surface area contributed by atoms with Crippen LogP contribution in [0.5, 0.6) is 5.75 Å². The van der Waals surface area contributed by atoms with Gasteiger partial charge in [0.25, 0.3) is 0 Å². The normalized spacial score (nSPS) is 20.4. The molecule has 0 radical (unpaired) electrons. The molecule has 2 bridgehead atoms. The minimum Gasteiger partial charge on any atom is -0.497 e. The highest BCUT2D eigenvalue weighted by Crippen LogP contribution is 2.34. The topological polar surface area (TPSA) is 117 Å². The van der Waals surface area contributed by atoms with Crippen LogP contribution in [0.15, 0.2) is 48.5 Å². The van der Waals surface area contributed by atoms with Crippen LogP contribution in [0.3, 0.4) is 0 Å². The first kappa shape index (κ1) is 26.3. The van der Waals surface area contributed by atoms with E-state index in [1.165, 1.54) is 0 Å². The molecular weight excluding hydrogens is 474 g/mol. The Kier molecular flexibility index (Phi) is 8.90. The third kappa shape index (κ3) is 6.95. The van der Waals surface area contributed by atoms with Crippen molar-refractivity contribution in [2.75, 3.05) is 33.4 Å². The highest BCUT2D eigenvalue weighted by molar-refractivity contribution is 5.90. The predicted octanol–water partition coefficient (Wildman–Crippen LogP) is 2.25. The highest BCUT2D eigenvalue weighted by atomic mass is 16.5. The second kappa shape index (κ2) is 12.5. The van der Waals surface area contributed by atoms with Crippen LogP contribution in [-0.4, -0.2) is 73.1 Å². The van der Waals surface area contributed by atoms with Gasteiger partial charge in [0.1, 0.15) is 18.4 Å². The van der Waals surface area contributed by atoms with Gasteiger partial charge in [-0.2, -0.15) is 4.58 Å². The van der Waals surface area contributed by atoms with E-state index in [-0.39, 0.29) is 18.2 Å². The van der Waals surface area contributed by atoms with Crippen molar-refractivity contribution in [2.24, 2.45) is 5.92 Å². The van der Waals surface area contributed by atoms with E-state index in [9.17, 15) is 19.5 Å². The van der Waals surface area contributed by atoms with E-state index in [0.29, 0.717) is 45.6 Å². The van der Waals surface area contributed by atoms with Crippen molar-refractivity contribution in [1.82, 2.24) is 10.6 Å². The fourth-order valence-corrected chi connectivity index (χ4v) is 4.90. The number of aryl methyl sites for hydroxylation is 1. The standard InChI is InChI=1S/C28H33N3O6/c1-36-22-10-7-19(8-11-22)6-9-20(17-26(32)33)27(34)30-24-16-21-18-31(25-5-3-2-4-23(21)25)13-15-37-14-12-29-28(24)35/h2-5,7-8,10-11,18,20-21,24H,6,9,12-17H2,1H3,(H2-,29,30,32,33,34,35)/p+1/t20-,21?,24+/m1/s1. The van der Waals surface area contributed by atoms with E-state index < -0.39 is 23.8 Å². The first-order valence-corrected chi connectivity index (χ1v) is 12.7. The summed E-state index contributed by atoms with van der Waals surface area (Å²) in [7, 11) is 1.59. The Labute approximate surface area is 216 Å². The van der Waals surface area contributed by atoms with E-state index in [4.69, 9.17) is 9.47 Å². The van der Waals surface area contributed by atoms with Gasteiger partial charge in [0.2, 0.25) is 17.5 Å². The lowest BCUT2D eigenvalue weighted by atomic mass is 9.92. The van der Waals surface area contributed by atoms with Crippen LogP contribution in [0.4, 0.5) is 5.69 Å². The van der Waals surface area contributed by atoms with Gasteiger partial charge < -0.3 is 25.2 Å². The summed E-state index contributed by atoms with van der Waals surface area (Å²) in [6.45, 7) is 1.95. The lowest BCUT2D eigenvalue weighted by Gasteiger charge is -2.23. The molecule has 0 saturated heterocycles. The van der Waals surface area contributed by atoms with Gasteiger partial charge in [-0.15, -0.1) is 0 Å². The summed E-state index contributed by atoms with van der Waals surface area (Å²) >= 11 is 0. The lowest BCUT2D eigenvalue weighted by Crippen LogP contribution is -2.50. The van der Waals surface area contributed by atoms with Gasteiger partial charge in [-0.1, -0.05) is 30.3 Å². The van der Waals surface area contributed by atoms with Crippen molar-refractivity contribution in [1.29, 1.82) is 0 Å². The number of hydrogen-bond acceptors (Lipinski definition) is 5. The molecule has 0 spiro atoms. The summed E-state index contributed by atoms with van der Waals surface area (Å²) in [4.78, 5) is 38.0. The molecule has 0 aromatic heterocycles. The van der Waals surface area contributed by atoms with Crippen LogP contribution < -0.4 is 15.4 Å². The molecule has 2 aliphatic rings. The van der Waals surface area contributed by atoms with Gasteiger partial charge in [0, 0.05) is 24.1 Å². The molecule has 3 atom stereocenters. The van der Waals surface area contributed by atoms with Crippen LogP contribution in [0, 0.1) is 5.92 Å². The smallest absolute Gasteiger partial charge is 0.304 e. The Morgan fingerprint density at radius 3 is 2.73 bits per heavy atom. The monoisotopic (exact) mass is 508 g/mol. The number of carbonyl (C=O) groups excluding carboxylic acids is 2. The van der Waals surface area contributed by atoms with Crippen LogP contribution in [0.1, 0.15) is 36.3 Å². The largest absolute Gasteiger partial charge is 0.497 e. The van der Waals surface area contributed by atoms with Gasteiger partial charge in [-0.05, 0) is 37.0 Å². The van der Waals surface area contributed by atoms with Gasteiger partial charge >= 0.3 is 5.97 Å². The molecule has 0 aliphatic carbocycles. The number of aliphatic carboxylic acids is 1. The quantitative estimate of drug-likeness (QED) is 0.471. The molecule has 196 valence electrons. The maximum Gasteiger partial charge on any atom is 0.304 e. The number of rotatable bonds is 8. The maximum absolute atomic E-state index is 13.3. The van der Waals surface area contributed by atoms with Crippen LogP contribution in [-0.2, 0) is 25.5 Å². The fourth-order valence-electron chi connectivity index (χ4n) is 4.90. The molecule has 9 nitrogen and oxygen atoms in total. The molecule has 3 N–H and O–H groups in total. The number of amides is 2. The number of hydrogen-bond donors (Lipinski definition) is 3. The number of nitrogens with zero attached hydrogens (tertiary/aromatic N) is 1. The van der Waals surface area contributed by atoms with E-state index in [2.05, 4.69) is 21.4 Å². The lowest BCUT2D eigenvalue weighted by molar-refractivity contribution is -0.437. The van der Waals surface area contributed by atoms with Crippen LogP contribution in [0.2, 0.25) is 0 Å². The molecule has 2 heterocycles. The van der Waals surface area contributed by atoms with Crippen molar-refractivity contribution < 1.29 is 33.5 Å². The molecular formula is C28H34N3O6+. The molecule has 0 saturated carbocycles. The summed E-state index contributed by atoms with van der Waals surface area (Å²) in [5, 5.41) is 15.2. The fraction of sp³-hybridized carbons (Fsp3) is 0.429. The minimum absolute atomic E-state index is 0.0658. The highest BCUT2D eigenvalue weighted by Gasteiger charge is 2.35. The number of carbonyl (C=O) groups is 3. The summed E-state index contributed by atoms with van der Waals surface area (Å²) in [6.07, 6.45) is 3.03. The van der Waals surface area contributed by atoms with Crippen molar-refractivity contribution in [3.8, 4) is 5.75 Å². The van der Waals surface area contributed by atoms with Crippen molar-refractivity contribution in [3.63, 3.8) is 0 Å². The molecule has 2 aliphatic heterocycles. The second-order valence-electron chi connectivity index (χ2n) is 9.39. The number of carboxylic acid groups (broad SMARTS) is 1. The summed E-state index contributed by atoms with van der Waals surface area (Å²) in [5.41, 5.74) is 3.14. The van der Waals surface area contributed by atoms with Crippen molar-refractivity contribution >= 4 is 29.7 Å². The molecule has 37 heavy (non-hydrogen) atoms. The molecule has 0 fully saturated rings. The van der Waals surface area contributed by atoms with Crippen LogP contribution >= 0.6 is 0 Å². The minimum atomic E-state index is -1.05. The number of methoxy groups -OCH3 is 1. The third-order valence-corrected chi connectivity index (χ3v) is 6.88. The number of nitrogens with one attached hydrogen (secondary N) is 2. The molecule has 1 unspecified atom stereocenters. The van der Waals surface area contributed by atoms with E-state index in [1.807, 2.05) is 48.5 Å². The maximum atomic E-state index is 13.3. The number of para-hydroxylation sites is 1. The molecule has 2 aromatic carbocycles. The zero-order chi connectivity index (χ0) is 26.2. The van der Waals surface area contributed by atoms with Crippen molar-refractivity contribution in [3.05, 3.63) is 59.7 Å². The summed E-state index contributed by atoms with van der Waals surface area (Å²) in [6, 6.07) is 14.7. The number of fused-ring (bicyclic) bond motifs is 4. The first-order chi connectivity index (χ1) is 17.9. The second-order valence-corrected chi connectivity index (χ2v) is 9.39. The Bertz CT molecular complexity index is 1150. The van der Waals surface area contributed by atoms with Gasteiger partial charge in [0.15, 0.2) is 12.8 Å². The molecule has 9 heteroatoms. The summed E-state index contributed by atoms with van der Waals surface area (Å²) < 4.78 is 13.0. The summed E-state index contributed by atoms with van der Waals surface area (Å²) in [5.74, 6) is -1.89. The van der Waals surface area contributed by atoms with E-state index in [0.717, 1.165) is 22.6 Å². The molecule has 2 amide bonds.